The molecule has 4 rings (SSSR count). The quantitative estimate of drug-likeness (QED) is 0.704. The Morgan fingerprint density at radius 3 is 2.71 bits per heavy atom. The molecule has 1 saturated heterocycles. The van der Waals surface area contributed by atoms with Crippen molar-refractivity contribution in [1.29, 1.82) is 0 Å². The Hall–Kier alpha value is -2.94. The van der Waals surface area contributed by atoms with Gasteiger partial charge in [-0.2, -0.15) is 0 Å². The second-order valence-electron chi connectivity index (χ2n) is 8.15. The van der Waals surface area contributed by atoms with Crippen molar-refractivity contribution >= 4 is 22.6 Å². The van der Waals surface area contributed by atoms with E-state index in [4.69, 9.17) is 10.5 Å². The molecule has 1 aliphatic heterocycles. The lowest BCUT2D eigenvalue weighted by Crippen LogP contribution is -2.33. The van der Waals surface area contributed by atoms with Gasteiger partial charge in [-0.3, -0.25) is 4.79 Å². The van der Waals surface area contributed by atoms with Crippen LogP contribution in [-0.2, 0) is 0 Å². The molecule has 1 aromatic heterocycles. The van der Waals surface area contributed by atoms with E-state index in [1.165, 1.54) is 11.7 Å². The number of aromatic carboxylic acids is 1. The van der Waals surface area contributed by atoms with Gasteiger partial charge in [0.25, 0.3) is 0 Å². The number of benzene rings is 1. The van der Waals surface area contributed by atoms with E-state index in [9.17, 15) is 19.1 Å². The molecule has 0 bridgehead atoms. The summed E-state index contributed by atoms with van der Waals surface area (Å²) in [7, 11) is 1.36. The van der Waals surface area contributed by atoms with Gasteiger partial charge in [-0.1, -0.05) is 11.1 Å². The number of hydrogen-bond acceptors (Lipinski definition) is 5. The van der Waals surface area contributed by atoms with Gasteiger partial charge in [-0.25, -0.2) is 13.6 Å². The first-order valence-corrected chi connectivity index (χ1v) is 10.2. The molecule has 1 aliphatic carbocycles. The maximum Gasteiger partial charge on any atom is 0.341 e. The van der Waals surface area contributed by atoms with Crippen LogP contribution in [0.3, 0.4) is 0 Å². The molecule has 7 nitrogen and oxygen atoms in total. The molecule has 3 N–H and O–H groups in total. The van der Waals surface area contributed by atoms with E-state index in [1.54, 1.807) is 0 Å². The van der Waals surface area contributed by atoms with Crippen LogP contribution in [0.2, 0.25) is 0 Å². The van der Waals surface area contributed by atoms with Crippen molar-refractivity contribution in [1.82, 2.24) is 4.57 Å². The highest BCUT2D eigenvalue weighted by molar-refractivity contribution is 5.97. The number of ether oxygens (including phenoxy) is 1. The molecular formula is C22H25F2N3O4. The van der Waals surface area contributed by atoms with Gasteiger partial charge in [0, 0.05) is 32.3 Å². The van der Waals surface area contributed by atoms with Crippen LogP contribution in [0.5, 0.6) is 5.75 Å². The molecule has 1 aromatic carbocycles. The highest BCUT2D eigenvalue weighted by Gasteiger charge is 2.41. The summed E-state index contributed by atoms with van der Waals surface area (Å²) >= 11 is 0. The van der Waals surface area contributed by atoms with Crippen LogP contribution in [0.25, 0.3) is 10.9 Å². The van der Waals surface area contributed by atoms with Gasteiger partial charge >= 0.3 is 5.97 Å². The number of anilines is 1. The zero-order chi connectivity index (χ0) is 22.4. The first-order chi connectivity index (χ1) is 14.8. The van der Waals surface area contributed by atoms with E-state index in [0.29, 0.717) is 19.6 Å². The van der Waals surface area contributed by atoms with Crippen LogP contribution < -0.4 is 20.8 Å². The minimum atomic E-state index is -1.44. The van der Waals surface area contributed by atoms with Gasteiger partial charge in [0.15, 0.2) is 11.6 Å². The predicted octanol–water partition coefficient (Wildman–Crippen LogP) is 3.01. The van der Waals surface area contributed by atoms with Crippen LogP contribution in [0.4, 0.5) is 14.5 Å². The number of nitrogens with zero attached hydrogens (tertiary/aromatic N) is 2. The number of halogens is 2. The Labute approximate surface area is 177 Å². The van der Waals surface area contributed by atoms with Crippen molar-refractivity contribution in [2.75, 3.05) is 31.6 Å². The average molecular weight is 433 g/mol. The molecular weight excluding hydrogens is 408 g/mol. The number of fused-ring (bicyclic) bond motifs is 1. The second kappa shape index (κ2) is 7.96. The molecule has 166 valence electrons. The number of carbonyl (C=O) groups is 1. The number of piperidine rings is 1. The maximum atomic E-state index is 15.4. The number of aromatic nitrogens is 1. The Morgan fingerprint density at radius 1 is 1.42 bits per heavy atom. The fourth-order valence-electron chi connectivity index (χ4n) is 4.34. The lowest BCUT2D eigenvalue weighted by molar-refractivity contribution is 0.0694. The predicted molar refractivity (Wildman–Crippen MR) is 113 cm³/mol. The Morgan fingerprint density at radius 2 is 2.13 bits per heavy atom. The van der Waals surface area contributed by atoms with Crippen LogP contribution in [0.15, 0.2) is 28.2 Å². The van der Waals surface area contributed by atoms with Crippen LogP contribution >= 0.6 is 0 Å². The average Bonchev–Trinajstić information content (AvgIpc) is 3.48. The maximum absolute atomic E-state index is 15.4. The third-order valence-corrected chi connectivity index (χ3v) is 6.19. The van der Waals surface area contributed by atoms with Crippen molar-refractivity contribution in [2.45, 2.75) is 38.4 Å². The number of alkyl halides is 1. The van der Waals surface area contributed by atoms with Crippen LogP contribution in [-0.4, -0.2) is 48.6 Å². The summed E-state index contributed by atoms with van der Waals surface area (Å²) in [6.45, 7) is 3.41. The summed E-state index contributed by atoms with van der Waals surface area (Å²) in [6.07, 6.45) is 1.84. The lowest BCUT2D eigenvalue weighted by Gasteiger charge is -2.33. The summed E-state index contributed by atoms with van der Waals surface area (Å²) in [4.78, 5) is 26.2. The number of hydrogen-bond donors (Lipinski definition) is 2. The zero-order valence-electron chi connectivity index (χ0n) is 17.5. The van der Waals surface area contributed by atoms with Gasteiger partial charge in [-0.05, 0) is 25.8 Å². The molecule has 0 amide bonds. The monoisotopic (exact) mass is 433 g/mol. The summed E-state index contributed by atoms with van der Waals surface area (Å²) in [6, 6.07) is 0.423. The Kier molecular flexibility index (Phi) is 5.47. The van der Waals surface area contributed by atoms with Crippen molar-refractivity contribution in [3.05, 3.63) is 45.0 Å². The van der Waals surface area contributed by atoms with Gasteiger partial charge in [0.1, 0.15) is 17.4 Å². The molecule has 1 unspecified atom stereocenters. The van der Waals surface area contributed by atoms with Gasteiger partial charge in [0.05, 0.1) is 24.1 Å². The first-order valence-electron chi connectivity index (χ1n) is 10.2. The molecule has 0 spiro atoms. The van der Waals surface area contributed by atoms with Gasteiger partial charge < -0.3 is 25.0 Å². The number of rotatable bonds is 5. The molecule has 31 heavy (non-hydrogen) atoms. The molecule has 9 heteroatoms. The zero-order valence-corrected chi connectivity index (χ0v) is 17.5. The van der Waals surface area contributed by atoms with Crippen molar-refractivity contribution < 1.29 is 23.4 Å². The van der Waals surface area contributed by atoms with E-state index in [1.807, 2.05) is 11.8 Å². The Balaban J connectivity index is 1.98. The molecule has 2 aromatic rings. The molecule has 2 aliphatic rings. The van der Waals surface area contributed by atoms with Crippen molar-refractivity contribution in [3.8, 4) is 5.75 Å². The van der Waals surface area contributed by atoms with E-state index < -0.39 is 35.0 Å². The Bertz CT molecular complexity index is 1160. The van der Waals surface area contributed by atoms with E-state index in [2.05, 4.69) is 0 Å². The number of carboxylic acids is 1. The van der Waals surface area contributed by atoms with Gasteiger partial charge in [-0.15, -0.1) is 0 Å². The van der Waals surface area contributed by atoms with E-state index >= 15 is 4.39 Å². The number of carboxylic acid groups (broad SMARTS) is 1. The standard InChI is InChI=1S/C22H25F2N3O4/c1-11(8-25)12-4-3-5-26(9-12)19-16(24)6-13-18(21(19)31-2)27(17-7-15(17)23)10-14(20(13)28)22(29)30/h6,10,15,17H,3-5,7-9,25H2,1-2H3,(H,29,30)/b12-11+/t15-,17?/m0/s1. The highest BCUT2D eigenvalue weighted by Crippen LogP contribution is 2.45. The topological polar surface area (TPSA) is 97.8 Å². The molecule has 0 radical (unpaired) electrons. The summed E-state index contributed by atoms with van der Waals surface area (Å²) < 4.78 is 36.3. The fourth-order valence-corrected chi connectivity index (χ4v) is 4.34. The molecule has 2 atom stereocenters. The van der Waals surface area contributed by atoms with Crippen molar-refractivity contribution in [2.24, 2.45) is 5.73 Å². The number of methoxy groups -OCH3 is 1. The normalized spacial score (nSPS) is 22.5. The highest BCUT2D eigenvalue weighted by atomic mass is 19.1. The largest absolute Gasteiger partial charge is 0.492 e. The minimum absolute atomic E-state index is 0.106. The number of nitrogens with two attached hydrogens (primary N) is 1. The number of pyridine rings is 1. The smallest absolute Gasteiger partial charge is 0.341 e. The second-order valence-corrected chi connectivity index (χ2v) is 8.15. The lowest BCUT2D eigenvalue weighted by atomic mass is 9.98. The molecule has 2 heterocycles. The van der Waals surface area contributed by atoms with Gasteiger partial charge in [0.2, 0.25) is 5.43 Å². The fraction of sp³-hybridized carbons (Fsp3) is 0.455. The summed E-state index contributed by atoms with van der Waals surface area (Å²) in [5.74, 6) is -2.02. The third kappa shape index (κ3) is 3.56. The first kappa shape index (κ1) is 21.3. The summed E-state index contributed by atoms with van der Waals surface area (Å²) in [5, 5.41) is 9.28. The van der Waals surface area contributed by atoms with Crippen LogP contribution in [0.1, 0.15) is 42.6 Å². The van der Waals surface area contributed by atoms with Crippen LogP contribution in [0, 0.1) is 5.82 Å². The minimum Gasteiger partial charge on any atom is -0.492 e. The molecule has 2 fully saturated rings. The van der Waals surface area contributed by atoms with E-state index in [0.717, 1.165) is 36.3 Å². The summed E-state index contributed by atoms with van der Waals surface area (Å²) in [5.41, 5.74) is 7.00. The molecule has 1 saturated carbocycles. The van der Waals surface area contributed by atoms with Crippen molar-refractivity contribution in [3.63, 3.8) is 0 Å². The SMILES string of the molecule is COc1c(N2CCC/C(=C(/C)CN)C2)c(F)cc2c(=O)c(C(=O)O)cn(C3C[C@@H]3F)c12. The third-order valence-electron chi connectivity index (χ3n) is 6.19. The van der Waals surface area contributed by atoms with E-state index in [-0.39, 0.29) is 28.8 Å².